The summed E-state index contributed by atoms with van der Waals surface area (Å²) in [4.78, 5) is 16.1. The number of carbonyl (C=O) groups excluding carboxylic acids is 1. The number of hydrogen-bond donors (Lipinski definition) is 1. The summed E-state index contributed by atoms with van der Waals surface area (Å²) in [6, 6.07) is 7.69. The van der Waals surface area contributed by atoms with Gasteiger partial charge >= 0.3 is 6.09 Å². The molecule has 22 heavy (non-hydrogen) atoms. The van der Waals surface area contributed by atoms with Gasteiger partial charge in [0.2, 0.25) is 5.89 Å². The summed E-state index contributed by atoms with van der Waals surface area (Å²) in [5, 5.41) is 2.68. The summed E-state index contributed by atoms with van der Waals surface area (Å²) in [5.74, 6) is 1.20. The molecule has 0 aliphatic rings. The van der Waals surface area contributed by atoms with Crippen LogP contribution in [0.4, 0.5) is 4.79 Å². The van der Waals surface area contributed by atoms with Crippen LogP contribution >= 0.6 is 15.9 Å². The molecule has 5 nitrogen and oxygen atoms in total. The van der Waals surface area contributed by atoms with Gasteiger partial charge in [-0.3, -0.25) is 0 Å². The standard InChI is InChI=1S/C16H19BrN2O3/c1-10-13(9-18-15(20)22-16(2,3)4)19-14(21-10)11-6-5-7-12(17)8-11/h5-8H,9H2,1-4H3,(H,18,20). The zero-order chi connectivity index (χ0) is 16.3. The lowest BCUT2D eigenvalue weighted by molar-refractivity contribution is 0.0523. The van der Waals surface area contributed by atoms with Crippen LogP contribution in [0.3, 0.4) is 0 Å². The summed E-state index contributed by atoms with van der Waals surface area (Å²) in [6.07, 6.45) is -0.473. The van der Waals surface area contributed by atoms with Crippen molar-refractivity contribution in [2.75, 3.05) is 0 Å². The van der Waals surface area contributed by atoms with E-state index in [4.69, 9.17) is 9.15 Å². The second-order valence-corrected chi connectivity index (χ2v) is 6.80. The van der Waals surface area contributed by atoms with Crippen LogP contribution in [0, 0.1) is 6.92 Å². The average Bonchev–Trinajstić information content (AvgIpc) is 2.76. The molecule has 1 aromatic heterocycles. The third-order valence-electron chi connectivity index (χ3n) is 2.76. The first-order valence-electron chi connectivity index (χ1n) is 6.94. The zero-order valence-corrected chi connectivity index (χ0v) is 14.7. The lowest BCUT2D eigenvalue weighted by Crippen LogP contribution is -2.32. The molecule has 0 aliphatic heterocycles. The number of carbonyl (C=O) groups is 1. The molecule has 2 aromatic rings. The van der Waals surface area contributed by atoms with E-state index in [1.165, 1.54) is 0 Å². The molecule has 0 radical (unpaired) electrons. The normalized spacial score (nSPS) is 11.3. The lowest BCUT2D eigenvalue weighted by atomic mass is 10.2. The predicted molar refractivity (Wildman–Crippen MR) is 87.4 cm³/mol. The van der Waals surface area contributed by atoms with Crippen LogP contribution in [-0.2, 0) is 11.3 Å². The topological polar surface area (TPSA) is 64.4 Å². The zero-order valence-electron chi connectivity index (χ0n) is 13.1. The maximum Gasteiger partial charge on any atom is 0.407 e. The van der Waals surface area contributed by atoms with Gasteiger partial charge in [0.05, 0.1) is 6.54 Å². The molecule has 118 valence electrons. The van der Waals surface area contributed by atoms with Gasteiger partial charge in [-0.15, -0.1) is 0 Å². The number of benzene rings is 1. The largest absolute Gasteiger partial charge is 0.444 e. The first-order chi connectivity index (χ1) is 10.2. The van der Waals surface area contributed by atoms with E-state index in [1.54, 1.807) is 0 Å². The summed E-state index contributed by atoms with van der Waals surface area (Å²) >= 11 is 3.42. The molecule has 0 saturated carbocycles. The molecule has 0 fully saturated rings. The van der Waals surface area contributed by atoms with E-state index in [1.807, 2.05) is 52.0 Å². The van der Waals surface area contributed by atoms with Crippen molar-refractivity contribution in [3.05, 3.63) is 40.2 Å². The Morgan fingerprint density at radius 3 is 2.77 bits per heavy atom. The highest BCUT2D eigenvalue weighted by Crippen LogP contribution is 2.24. The number of amides is 1. The van der Waals surface area contributed by atoms with Crippen LogP contribution in [0.1, 0.15) is 32.2 Å². The molecule has 2 rings (SSSR count). The summed E-state index contributed by atoms with van der Waals surface area (Å²) < 4.78 is 11.8. The molecule has 0 bridgehead atoms. The summed E-state index contributed by atoms with van der Waals surface area (Å²) in [7, 11) is 0. The van der Waals surface area contributed by atoms with Gasteiger partial charge in [-0.1, -0.05) is 22.0 Å². The highest BCUT2D eigenvalue weighted by Gasteiger charge is 2.17. The Labute approximate surface area is 138 Å². The molecule has 1 heterocycles. The minimum absolute atomic E-state index is 0.262. The van der Waals surface area contributed by atoms with Crippen LogP contribution in [0.15, 0.2) is 33.2 Å². The molecule has 0 unspecified atom stereocenters. The number of rotatable bonds is 3. The van der Waals surface area contributed by atoms with Crippen molar-refractivity contribution in [2.45, 2.75) is 39.8 Å². The molecular weight excluding hydrogens is 348 g/mol. The summed E-state index contributed by atoms with van der Waals surface area (Å²) in [6.45, 7) is 7.54. The smallest absolute Gasteiger partial charge is 0.407 e. The molecule has 0 atom stereocenters. The van der Waals surface area contributed by atoms with Crippen LogP contribution in [0.25, 0.3) is 11.5 Å². The minimum atomic E-state index is -0.523. The lowest BCUT2D eigenvalue weighted by Gasteiger charge is -2.19. The van der Waals surface area contributed by atoms with Crippen LogP contribution in [-0.4, -0.2) is 16.7 Å². The minimum Gasteiger partial charge on any atom is -0.444 e. The molecule has 6 heteroatoms. The third kappa shape index (κ3) is 4.59. The van der Waals surface area contributed by atoms with E-state index in [-0.39, 0.29) is 6.54 Å². The number of hydrogen-bond acceptors (Lipinski definition) is 4. The van der Waals surface area contributed by atoms with Crippen molar-refractivity contribution < 1.29 is 13.9 Å². The fourth-order valence-corrected chi connectivity index (χ4v) is 2.21. The Morgan fingerprint density at radius 2 is 2.14 bits per heavy atom. The molecule has 0 aliphatic carbocycles. The summed E-state index contributed by atoms with van der Waals surface area (Å²) in [5.41, 5.74) is 1.03. The van der Waals surface area contributed by atoms with E-state index >= 15 is 0 Å². The van der Waals surface area contributed by atoms with Crippen LogP contribution in [0.5, 0.6) is 0 Å². The molecule has 0 spiro atoms. The van der Waals surface area contributed by atoms with Crippen molar-refractivity contribution >= 4 is 22.0 Å². The van der Waals surface area contributed by atoms with Crippen molar-refractivity contribution in [1.82, 2.24) is 10.3 Å². The fraction of sp³-hybridized carbons (Fsp3) is 0.375. The van der Waals surface area contributed by atoms with Crippen LogP contribution < -0.4 is 5.32 Å². The average molecular weight is 367 g/mol. The number of halogens is 1. The van der Waals surface area contributed by atoms with Gasteiger partial charge in [0, 0.05) is 10.0 Å². The van der Waals surface area contributed by atoms with E-state index < -0.39 is 11.7 Å². The van der Waals surface area contributed by atoms with Gasteiger partial charge in [0.1, 0.15) is 17.1 Å². The Kier molecular flexibility index (Phi) is 4.90. The molecule has 0 saturated heterocycles. The SMILES string of the molecule is Cc1oc(-c2cccc(Br)c2)nc1CNC(=O)OC(C)(C)C. The number of aryl methyl sites for hydroxylation is 1. The highest BCUT2D eigenvalue weighted by atomic mass is 79.9. The number of nitrogens with one attached hydrogen (secondary N) is 1. The monoisotopic (exact) mass is 366 g/mol. The fourth-order valence-electron chi connectivity index (χ4n) is 1.81. The van der Waals surface area contributed by atoms with Crippen molar-refractivity contribution in [3.63, 3.8) is 0 Å². The van der Waals surface area contributed by atoms with E-state index in [9.17, 15) is 4.79 Å². The number of oxazole rings is 1. The predicted octanol–water partition coefficient (Wildman–Crippen LogP) is 4.44. The first-order valence-corrected chi connectivity index (χ1v) is 7.73. The molecular formula is C16H19BrN2O3. The first kappa shape index (κ1) is 16.5. The van der Waals surface area contributed by atoms with Gasteiger partial charge < -0.3 is 14.5 Å². The van der Waals surface area contributed by atoms with E-state index in [0.29, 0.717) is 17.3 Å². The number of nitrogens with zero attached hydrogens (tertiary/aromatic N) is 1. The number of aromatic nitrogens is 1. The second-order valence-electron chi connectivity index (χ2n) is 5.89. The molecule has 1 aromatic carbocycles. The van der Waals surface area contributed by atoms with Crippen molar-refractivity contribution in [2.24, 2.45) is 0 Å². The van der Waals surface area contributed by atoms with E-state index in [2.05, 4.69) is 26.2 Å². The van der Waals surface area contributed by atoms with Gasteiger partial charge in [-0.25, -0.2) is 9.78 Å². The van der Waals surface area contributed by atoms with Gasteiger partial charge in [-0.2, -0.15) is 0 Å². The Hall–Kier alpha value is -1.82. The quantitative estimate of drug-likeness (QED) is 0.871. The van der Waals surface area contributed by atoms with Crippen molar-refractivity contribution in [1.29, 1.82) is 0 Å². The number of ether oxygens (including phenoxy) is 1. The van der Waals surface area contributed by atoms with Gasteiger partial charge in [-0.05, 0) is 45.9 Å². The van der Waals surface area contributed by atoms with Gasteiger partial charge in [0.15, 0.2) is 0 Å². The Balaban J connectivity index is 2.06. The van der Waals surface area contributed by atoms with Crippen molar-refractivity contribution in [3.8, 4) is 11.5 Å². The second kappa shape index (κ2) is 6.52. The molecule has 1 amide bonds. The maximum absolute atomic E-state index is 11.7. The number of alkyl carbamates (subject to hydrolysis) is 1. The Bertz CT molecular complexity index is 674. The maximum atomic E-state index is 11.7. The Morgan fingerprint density at radius 1 is 1.41 bits per heavy atom. The third-order valence-corrected chi connectivity index (χ3v) is 3.26. The highest BCUT2D eigenvalue weighted by molar-refractivity contribution is 9.10. The van der Waals surface area contributed by atoms with E-state index in [0.717, 1.165) is 10.0 Å². The molecule has 1 N–H and O–H groups in total. The van der Waals surface area contributed by atoms with Crippen LogP contribution in [0.2, 0.25) is 0 Å². The van der Waals surface area contributed by atoms with Gasteiger partial charge in [0.25, 0.3) is 0 Å².